The lowest BCUT2D eigenvalue weighted by atomic mass is 9.85. The summed E-state index contributed by atoms with van der Waals surface area (Å²) in [5, 5.41) is 0. The molecule has 0 aliphatic carbocycles. The van der Waals surface area contributed by atoms with E-state index in [1.165, 1.54) is 7.11 Å². The summed E-state index contributed by atoms with van der Waals surface area (Å²) in [7, 11) is 8.67. The molecule has 6 heteroatoms. The van der Waals surface area contributed by atoms with Crippen molar-refractivity contribution >= 4 is 5.97 Å². The molecule has 0 bridgehead atoms. The molecule has 0 N–H and O–H groups in total. The number of ether oxygens (including phenoxy) is 3. The Bertz CT molecular complexity index is 799. The molecule has 1 aromatic carbocycles. The van der Waals surface area contributed by atoms with E-state index < -0.39 is 6.04 Å². The highest BCUT2D eigenvalue weighted by molar-refractivity contribution is 5.78. The molecule has 1 aromatic heterocycles. The number of methoxy groups -OCH3 is 3. The number of carbonyl (C=O) groups excluding carboxylic acids is 1. The fourth-order valence-electron chi connectivity index (χ4n) is 3.86. The van der Waals surface area contributed by atoms with Crippen LogP contribution in [-0.2, 0) is 23.0 Å². The van der Waals surface area contributed by atoms with Gasteiger partial charge in [0.25, 0.3) is 0 Å². The number of aryl methyl sites for hydroxylation is 1. The second kappa shape index (κ2) is 7.41. The van der Waals surface area contributed by atoms with E-state index in [2.05, 4.69) is 15.5 Å². The highest BCUT2D eigenvalue weighted by Gasteiger charge is 2.39. The average molecular weight is 358 g/mol. The third-order valence-electron chi connectivity index (χ3n) is 5.25. The van der Waals surface area contributed by atoms with Crippen LogP contribution in [-0.4, -0.2) is 56.4 Å². The van der Waals surface area contributed by atoms with Gasteiger partial charge in [0.15, 0.2) is 11.5 Å². The first kappa shape index (κ1) is 18.3. The van der Waals surface area contributed by atoms with Gasteiger partial charge in [-0.25, -0.2) is 0 Å². The largest absolute Gasteiger partial charge is 0.493 e. The SMILES string of the molecule is COC(=O)[C@H]1[C@H](c2cccn2C)c2cc(OC)c(OC)cc2CCN1C. The van der Waals surface area contributed by atoms with E-state index in [0.29, 0.717) is 11.5 Å². The van der Waals surface area contributed by atoms with Gasteiger partial charge in [-0.1, -0.05) is 0 Å². The topological polar surface area (TPSA) is 52.9 Å². The molecule has 0 unspecified atom stereocenters. The van der Waals surface area contributed by atoms with Crippen LogP contribution in [0.1, 0.15) is 22.7 Å². The molecule has 2 heterocycles. The Morgan fingerprint density at radius 3 is 2.38 bits per heavy atom. The summed E-state index contributed by atoms with van der Waals surface area (Å²) in [5.74, 6) is 0.973. The molecule has 1 aliphatic heterocycles. The number of hydrogen-bond donors (Lipinski definition) is 0. The maximum Gasteiger partial charge on any atom is 0.324 e. The molecule has 1 aliphatic rings. The van der Waals surface area contributed by atoms with Gasteiger partial charge in [0.1, 0.15) is 6.04 Å². The van der Waals surface area contributed by atoms with E-state index in [1.54, 1.807) is 14.2 Å². The van der Waals surface area contributed by atoms with Gasteiger partial charge in [-0.15, -0.1) is 0 Å². The Balaban J connectivity index is 2.25. The minimum Gasteiger partial charge on any atom is -0.493 e. The molecule has 0 radical (unpaired) electrons. The Hall–Kier alpha value is -2.47. The molecule has 0 fully saturated rings. The number of likely N-dealkylation sites (N-methyl/N-ethyl adjacent to an activating group) is 1. The van der Waals surface area contributed by atoms with Crippen LogP contribution in [0.25, 0.3) is 0 Å². The van der Waals surface area contributed by atoms with Crippen LogP contribution in [0.2, 0.25) is 0 Å². The number of aromatic nitrogens is 1. The smallest absolute Gasteiger partial charge is 0.324 e. The second-order valence-electron chi connectivity index (χ2n) is 6.63. The van der Waals surface area contributed by atoms with E-state index in [1.807, 2.05) is 38.5 Å². The Morgan fingerprint density at radius 1 is 1.12 bits per heavy atom. The fraction of sp³-hybridized carbons (Fsp3) is 0.450. The third-order valence-corrected chi connectivity index (χ3v) is 5.25. The van der Waals surface area contributed by atoms with Gasteiger partial charge in [0, 0.05) is 25.5 Å². The summed E-state index contributed by atoms with van der Waals surface area (Å²) in [6.07, 6.45) is 2.82. The Kier molecular flexibility index (Phi) is 5.23. The van der Waals surface area contributed by atoms with Crippen molar-refractivity contribution in [3.05, 3.63) is 47.3 Å². The van der Waals surface area contributed by atoms with Crippen molar-refractivity contribution in [1.82, 2.24) is 9.47 Å². The number of esters is 1. The third kappa shape index (κ3) is 3.05. The van der Waals surface area contributed by atoms with Crippen LogP contribution in [0.3, 0.4) is 0 Å². The highest BCUT2D eigenvalue weighted by Crippen LogP contribution is 2.41. The van der Waals surface area contributed by atoms with E-state index in [9.17, 15) is 4.79 Å². The Morgan fingerprint density at radius 2 is 1.81 bits per heavy atom. The van der Waals surface area contributed by atoms with Gasteiger partial charge in [-0.2, -0.15) is 0 Å². The zero-order valence-corrected chi connectivity index (χ0v) is 16.0. The molecule has 140 valence electrons. The summed E-state index contributed by atoms with van der Waals surface area (Å²) in [4.78, 5) is 14.8. The maximum absolute atomic E-state index is 12.7. The second-order valence-corrected chi connectivity index (χ2v) is 6.63. The number of nitrogens with zero attached hydrogens (tertiary/aromatic N) is 2. The molecule has 2 atom stereocenters. The van der Waals surface area contributed by atoms with Crippen LogP contribution in [0.5, 0.6) is 11.5 Å². The quantitative estimate of drug-likeness (QED) is 0.785. The molecular formula is C20H26N2O4. The van der Waals surface area contributed by atoms with Gasteiger partial charge in [-0.3, -0.25) is 9.69 Å². The zero-order valence-electron chi connectivity index (χ0n) is 16.0. The van der Waals surface area contributed by atoms with Crippen molar-refractivity contribution < 1.29 is 19.0 Å². The highest BCUT2D eigenvalue weighted by atomic mass is 16.5. The molecular weight excluding hydrogens is 332 g/mol. The normalized spacial score (nSPS) is 20.2. The average Bonchev–Trinajstić information content (AvgIpc) is 3.02. The van der Waals surface area contributed by atoms with Gasteiger partial charge < -0.3 is 18.8 Å². The molecule has 2 aromatic rings. The van der Waals surface area contributed by atoms with Gasteiger partial charge in [0.2, 0.25) is 0 Å². The van der Waals surface area contributed by atoms with Crippen molar-refractivity contribution in [2.45, 2.75) is 18.4 Å². The summed E-state index contributed by atoms with van der Waals surface area (Å²) in [5.41, 5.74) is 3.29. The van der Waals surface area contributed by atoms with Gasteiger partial charge in [0.05, 0.1) is 27.2 Å². The zero-order chi connectivity index (χ0) is 18.8. The van der Waals surface area contributed by atoms with E-state index in [-0.39, 0.29) is 11.9 Å². The molecule has 3 rings (SSSR count). The number of rotatable bonds is 4. The van der Waals surface area contributed by atoms with Gasteiger partial charge in [-0.05, 0) is 48.9 Å². The predicted molar refractivity (Wildman–Crippen MR) is 98.9 cm³/mol. The van der Waals surface area contributed by atoms with Crippen molar-refractivity contribution in [3.8, 4) is 11.5 Å². The van der Waals surface area contributed by atoms with Crippen LogP contribution in [0.4, 0.5) is 0 Å². The molecule has 0 amide bonds. The van der Waals surface area contributed by atoms with Crippen LogP contribution < -0.4 is 9.47 Å². The monoisotopic (exact) mass is 358 g/mol. The maximum atomic E-state index is 12.7. The van der Waals surface area contributed by atoms with Gasteiger partial charge >= 0.3 is 5.97 Å². The minimum atomic E-state index is -0.409. The number of carbonyl (C=O) groups is 1. The van der Waals surface area contributed by atoms with Crippen molar-refractivity contribution in [2.75, 3.05) is 34.9 Å². The Labute approximate surface area is 154 Å². The summed E-state index contributed by atoms with van der Waals surface area (Å²) in [6, 6.07) is 7.67. The molecule has 0 spiro atoms. The van der Waals surface area contributed by atoms with Crippen molar-refractivity contribution in [1.29, 1.82) is 0 Å². The number of benzene rings is 1. The molecule has 26 heavy (non-hydrogen) atoms. The van der Waals surface area contributed by atoms with Crippen molar-refractivity contribution in [3.63, 3.8) is 0 Å². The summed E-state index contributed by atoms with van der Waals surface area (Å²) < 4.78 is 18.2. The molecule has 6 nitrogen and oxygen atoms in total. The number of fused-ring (bicyclic) bond motifs is 1. The molecule has 0 saturated heterocycles. The lowest BCUT2D eigenvalue weighted by Gasteiger charge is -2.31. The first-order valence-corrected chi connectivity index (χ1v) is 8.65. The van der Waals surface area contributed by atoms with E-state index in [4.69, 9.17) is 14.2 Å². The number of hydrogen-bond acceptors (Lipinski definition) is 5. The summed E-state index contributed by atoms with van der Waals surface area (Å²) in [6.45, 7) is 0.753. The van der Waals surface area contributed by atoms with E-state index in [0.717, 1.165) is 29.8 Å². The van der Waals surface area contributed by atoms with Crippen LogP contribution in [0, 0.1) is 0 Å². The minimum absolute atomic E-state index is 0.162. The first-order chi connectivity index (χ1) is 12.5. The van der Waals surface area contributed by atoms with Crippen LogP contribution >= 0.6 is 0 Å². The predicted octanol–water partition coefficient (Wildman–Crippen LogP) is 2.20. The standard InChI is InChI=1S/C20H26N2O4/c1-21-9-6-7-15(21)18-14-12-17(25-4)16(24-3)11-13(14)8-10-22(2)19(18)20(23)26-5/h6-7,9,11-12,18-19H,8,10H2,1-5H3/t18-,19+/m0/s1. The van der Waals surface area contributed by atoms with Crippen LogP contribution in [0.15, 0.2) is 30.5 Å². The lowest BCUT2D eigenvalue weighted by molar-refractivity contribution is -0.147. The molecule has 0 saturated carbocycles. The summed E-state index contributed by atoms with van der Waals surface area (Å²) >= 11 is 0. The van der Waals surface area contributed by atoms with E-state index >= 15 is 0 Å². The fourth-order valence-corrected chi connectivity index (χ4v) is 3.86. The lowest BCUT2D eigenvalue weighted by Crippen LogP contribution is -2.44. The first-order valence-electron chi connectivity index (χ1n) is 8.65. The van der Waals surface area contributed by atoms with Crippen molar-refractivity contribution in [2.24, 2.45) is 7.05 Å².